The van der Waals surface area contributed by atoms with Crippen LogP contribution in [0.15, 0.2) is 24.3 Å². The number of nitrogens with one attached hydrogen (secondary N) is 2. The third kappa shape index (κ3) is 3.66. The number of nitrogens with zero attached hydrogens (tertiary/aromatic N) is 4. The first-order chi connectivity index (χ1) is 15.0. The second-order valence-corrected chi connectivity index (χ2v) is 9.61. The Morgan fingerprint density at radius 1 is 1.12 bits per heavy atom. The fourth-order valence-corrected chi connectivity index (χ4v) is 4.21. The fraction of sp³-hybridized carbons (Fsp3) is 0.500. The molecule has 3 heterocycles. The van der Waals surface area contributed by atoms with Crippen molar-refractivity contribution in [1.29, 1.82) is 0 Å². The predicted octanol–water partition coefficient (Wildman–Crippen LogP) is 4.85. The summed E-state index contributed by atoms with van der Waals surface area (Å²) in [6, 6.07) is 5.54. The lowest BCUT2D eigenvalue weighted by atomic mass is 9.75. The molecule has 2 N–H and O–H groups in total. The maximum Gasteiger partial charge on any atom is 0.416 e. The highest BCUT2D eigenvalue weighted by Gasteiger charge is 2.53. The summed E-state index contributed by atoms with van der Waals surface area (Å²) in [6.07, 6.45) is -1.27. The number of imidazole rings is 1. The highest BCUT2D eigenvalue weighted by molar-refractivity contribution is 5.85. The first-order valence-electron chi connectivity index (χ1n) is 10.7. The molecule has 2 aromatic heterocycles. The normalized spacial score (nSPS) is 18.0. The van der Waals surface area contributed by atoms with Crippen LogP contribution in [-0.2, 0) is 17.4 Å². The van der Waals surface area contributed by atoms with Gasteiger partial charge in [-0.3, -0.25) is 4.84 Å². The van der Waals surface area contributed by atoms with Gasteiger partial charge in [0.1, 0.15) is 17.9 Å². The van der Waals surface area contributed by atoms with E-state index in [9.17, 15) is 13.2 Å². The molecule has 5 rings (SSSR count). The Morgan fingerprint density at radius 3 is 2.47 bits per heavy atom. The summed E-state index contributed by atoms with van der Waals surface area (Å²) in [5.74, 6) is 1.36. The van der Waals surface area contributed by atoms with E-state index >= 15 is 0 Å². The van der Waals surface area contributed by atoms with Gasteiger partial charge in [-0.15, -0.1) is 0 Å². The van der Waals surface area contributed by atoms with E-state index < -0.39 is 11.7 Å². The van der Waals surface area contributed by atoms with Gasteiger partial charge in [0.15, 0.2) is 11.5 Å². The van der Waals surface area contributed by atoms with Gasteiger partial charge >= 0.3 is 6.18 Å². The Labute approximate surface area is 183 Å². The number of anilines is 2. The zero-order valence-electron chi connectivity index (χ0n) is 18.2. The zero-order valence-corrected chi connectivity index (χ0v) is 18.2. The Kier molecular flexibility index (Phi) is 4.63. The Balaban J connectivity index is 1.56. The summed E-state index contributed by atoms with van der Waals surface area (Å²) in [6.45, 7) is 6.63. The maximum absolute atomic E-state index is 13.4. The predicted molar refractivity (Wildman–Crippen MR) is 114 cm³/mol. The molecule has 1 saturated carbocycles. The standard InChI is InChI=1S/C22H25F3N6O/c1-20(2,3)30-19-28-17-16(18(29-19)31-21(12-32-31)9-6-10-21)26-15(27-17)11-13-7-4-5-8-14(13)22(23,24)25/h4-5,7-8H,6,9-12H2,1-3H3,(H2,26,27,28,29,30). The maximum atomic E-state index is 13.4. The molecule has 170 valence electrons. The third-order valence-electron chi connectivity index (χ3n) is 5.92. The largest absolute Gasteiger partial charge is 0.416 e. The number of hydrogen-bond acceptors (Lipinski definition) is 6. The van der Waals surface area contributed by atoms with E-state index in [1.54, 1.807) is 6.07 Å². The summed E-state index contributed by atoms with van der Waals surface area (Å²) in [4.78, 5) is 22.7. The number of H-pyrrole nitrogens is 1. The number of hydrogen-bond donors (Lipinski definition) is 2. The molecule has 0 bridgehead atoms. The van der Waals surface area contributed by atoms with Crippen LogP contribution in [-0.4, -0.2) is 37.6 Å². The minimum atomic E-state index is -4.43. The monoisotopic (exact) mass is 446 g/mol. The molecule has 2 fully saturated rings. The Bertz CT molecular complexity index is 1160. The molecular weight excluding hydrogens is 421 g/mol. The Morgan fingerprint density at radius 2 is 1.88 bits per heavy atom. The van der Waals surface area contributed by atoms with Gasteiger partial charge in [-0.05, 0) is 51.7 Å². The summed E-state index contributed by atoms with van der Waals surface area (Å²) < 4.78 is 40.3. The number of benzene rings is 1. The van der Waals surface area contributed by atoms with Crippen LogP contribution in [0, 0.1) is 0 Å². The molecule has 7 nitrogen and oxygen atoms in total. The molecule has 1 aromatic carbocycles. The van der Waals surface area contributed by atoms with Crippen LogP contribution in [0.5, 0.6) is 0 Å². The summed E-state index contributed by atoms with van der Waals surface area (Å²) in [5.41, 5.74) is 0.105. The van der Waals surface area contributed by atoms with Crippen LogP contribution in [0.3, 0.4) is 0 Å². The van der Waals surface area contributed by atoms with Crippen molar-refractivity contribution in [2.45, 2.75) is 63.7 Å². The number of aromatic amines is 1. The van der Waals surface area contributed by atoms with Gasteiger partial charge in [-0.2, -0.15) is 23.1 Å². The molecular formula is C22H25F3N6O. The van der Waals surface area contributed by atoms with Gasteiger partial charge in [0.2, 0.25) is 5.95 Å². The van der Waals surface area contributed by atoms with E-state index in [2.05, 4.69) is 20.3 Å². The van der Waals surface area contributed by atoms with Crippen LogP contribution in [0.4, 0.5) is 24.9 Å². The SMILES string of the molecule is CC(C)(C)Nc1nc(N2OCC23CCC3)c2[nH]c(Cc3ccccc3C(F)(F)F)nc2n1. The zero-order chi connectivity index (χ0) is 22.7. The number of fused-ring (bicyclic) bond motifs is 1. The lowest BCUT2D eigenvalue weighted by molar-refractivity contribution is -0.138. The summed E-state index contributed by atoms with van der Waals surface area (Å²) in [7, 11) is 0. The molecule has 1 saturated heterocycles. The van der Waals surface area contributed by atoms with Crippen molar-refractivity contribution < 1.29 is 18.0 Å². The van der Waals surface area contributed by atoms with E-state index in [0.29, 0.717) is 35.4 Å². The highest BCUT2D eigenvalue weighted by atomic mass is 19.4. The van der Waals surface area contributed by atoms with Gasteiger partial charge in [0.25, 0.3) is 0 Å². The molecule has 1 aliphatic heterocycles. The van der Waals surface area contributed by atoms with Crippen LogP contribution in [0.2, 0.25) is 0 Å². The van der Waals surface area contributed by atoms with E-state index in [-0.39, 0.29) is 23.1 Å². The number of aromatic nitrogens is 4. The number of alkyl halides is 3. The fourth-order valence-electron chi connectivity index (χ4n) is 4.21. The van der Waals surface area contributed by atoms with Crippen molar-refractivity contribution in [2.24, 2.45) is 0 Å². The molecule has 0 radical (unpaired) electrons. The van der Waals surface area contributed by atoms with Gasteiger partial charge in [-0.1, -0.05) is 18.2 Å². The first kappa shape index (κ1) is 21.0. The van der Waals surface area contributed by atoms with Gasteiger partial charge in [0, 0.05) is 12.0 Å². The van der Waals surface area contributed by atoms with Gasteiger partial charge in [0.05, 0.1) is 11.1 Å². The molecule has 1 spiro atoms. The van der Waals surface area contributed by atoms with Crippen molar-refractivity contribution in [3.05, 3.63) is 41.2 Å². The summed E-state index contributed by atoms with van der Waals surface area (Å²) in [5, 5.41) is 5.08. The molecule has 0 atom stereocenters. The smallest absolute Gasteiger partial charge is 0.350 e. The van der Waals surface area contributed by atoms with Crippen molar-refractivity contribution in [2.75, 3.05) is 17.0 Å². The van der Waals surface area contributed by atoms with Gasteiger partial charge < -0.3 is 10.3 Å². The lowest BCUT2D eigenvalue weighted by Gasteiger charge is -2.56. The minimum Gasteiger partial charge on any atom is -0.350 e. The minimum absolute atomic E-state index is 0.000480. The van der Waals surface area contributed by atoms with Crippen molar-refractivity contribution in [3.8, 4) is 0 Å². The van der Waals surface area contributed by atoms with Crippen LogP contribution in [0.25, 0.3) is 11.2 Å². The second kappa shape index (κ2) is 7.06. The van der Waals surface area contributed by atoms with E-state index in [4.69, 9.17) is 9.82 Å². The second-order valence-electron chi connectivity index (χ2n) is 9.61. The Hall–Kier alpha value is -2.88. The number of halogens is 3. The first-order valence-corrected chi connectivity index (χ1v) is 10.7. The van der Waals surface area contributed by atoms with E-state index in [1.165, 1.54) is 12.1 Å². The van der Waals surface area contributed by atoms with Crippen molar-refractivity contribution in [3.63, 3.8) is 0 Å². The molecule has 0 amide bonds. The van der Waals surface area contributed by atoms with E-state index in [1.807, 2.05) is 25.8 Å². The van der Waals surface area contributed by atoms with Crippen molar-refractivity contribution >= 4 is 22.9 Å². The lowest BCUT2D eigenvalue weighted by Crippen LogP contribution is -2.67. The average molecular weight is 446 g/mol. The van der Waals surface area contributed by atoms with Gasteiger partial charge in [-0.25, -0.2) is 10.0 Å². The number of hydroxylamine groups is 1. The van der Waals surface area contributed by atoms with Crippen LogP contribution < -0.4 is 10.4 Å². The third-order valence-corrected chi connectivity index (χ3v) is 5.92. The topological polar surface area (TPSA) is 79.0 Å². The molecule has 2 aliphatic rings. The number of rotatable bonds is 4. The molecule has 32 heavy (non-hydrogen) atoms. The molecule has 3 aromatic rings. The van der Waals surface area contributed by atoms with Crippen molar-refractivity contribution in [1.82, 2.24) is 19.9 Å². The highest BCUT2D eigenvalue weighted by Crippen LogP contribution is 2.47. The molecule has 1 aliphatic carbocycles. The van der Waals surface area contributed by atoms with Crippen LogP contribution in [0.1, 0.15) is 57.0 Å². The average Bonchev–Trinajstić information content (AvgIpc) is 3.00. The molecule has 0 unspecified atom stereocenters. The summed E-state index contributed by atoms with van der Waals surface area (Å²) >= 11 is 0. The quantitative estimate of drug-likeness (QED) is 0.597. The van der Waals surface area contributed by atoms with Crippen LogP contribution >= 0.6 is 0 Å². The van der Waals surface area contributed by atoms with E-state index in [0.717, 1.165) is 25.3 Å². The molecule has 10 heteroatoms.